The first-order valence-electron chi connectivity index (χ1n) is 10.8. The zero-order valence-electron chi connectivity index (χ0n) is 19.2. The zero-order chi connectivity index (χ0) is 23.1. The molecule has 2 aromatic rings. The Morgan fingerprint density at radius 2 is 1.72 bits per heavy atom. The Labute approximate surface area is 201 Å². The number of methoxy groups -OCH3 is 3. The second kappa shape index (κ2) is 11.6. The van der Waals surface area contributed by atoms with E-state index in [1.807, 2.05) is 24.3 Å². The summed E-state index contributed by atoms with van der Waals surface area (Å²) in [6, 6.07) is 12.0. The van der Waals surface area contributed by atoms with Crippen molar-refractivity contribution in [3.63, 3.8) is 0 Å². The van der Waals surface area contributed by atoms with Crippen LogP contribution in [-0.4, -0.2) is 69.0 Å². The number of hydrogen-bond donors (Lipinski definition) is 1. The van der Waals surface area contributed by atoms with Crippen molar-refractivity contribution in [3.8, 4) is 17.2 Å². The number of benzene rings is 2. The third kappa shape index (κ3) is 6.18. The number of anilines is 1. The second-order valence-electron chi connectivity index (χ2n) is 7.94. The van der Waals surface area contributed by atoms with Crippen LogP contribution >= 0.6 is 23.8 Å². The maximum absolute atomic E-state index is 6.12. The summed E-state index contributed by atoms with van der Waals surface area (Å²) in [5.41, 5.74) is 1.98. The quantitative estimate of drug-likeness (QED) is 0.553. The van der Waals surface area contributed by atoms with Crippen LogP contribution in [0.3, 0.4) is 0 Å². The first-order chi connectivity index (χ1) is 15.4. The van der Waals surface area contributed by atoms with Crippen molar-refractivity contribution < 1.29 is 14.2 Å². The Hall–Kier alpha value is -2.22. The van der Waals surface area contributed by atoms with Gasteiger partial charge in [0.25, 0.3) is 0 Å². The van der Waals surface area contributed by atoms with Gasteiger partial charge in [0.2, 0.25) is 0 Å². The van der Waals surface area contributed by atoms with Crippen molar-refractivity contribution in [2.75, 3.05) is 53.3 Å². The Morgan fingerprint density at radius 3 is 2.38 bits per heavy atom. The number of rotatable bonds is 8. The highest BCUT2D eigenvalue weighted by molar-refractivity contribution is 7.80. The largest absolute Gasteiger partial charge is 0.495 e. The van der Waals surface area contributed by atoms with Crippen molar-refractivity contribution in [1.82, 2.24) is 9.80 Å². The lowest BCUT2D eigenvalue weighted by Gasteiger charge is -2.39. The van der Waals surface area contributed by atoms with Gasteiger partial charge in [-0.25, -0.2) is 0 Å². The number of nitrogens with one attached hydrogen (secondary N) is 1. The lowest BCUT2D eigenvalue weighted by molar-refractivity contribution is 0.178. The first kappa shape index (κ1) is 24.4. The van der Waals surface area contributed by atoms with E-state index in [0.717, 1.165) is 56.1 Å². The molecule has 0 unspecified atom stereocenters. The predicted octanol–water partition coefficient (Wildman–Crippen LogP) is 4.70. The Bertz CT molecular complexity index is 919. The van der Waals surface area contributed by atoms with Gasteiger partial charge in [-0.1, -0.05) is 17.7 Å². The van der Waals surface area contributed by atoms with E-state index in [0.29, 0.717) is 21.9 Å². The number of nitrogens with zero attached hydrogens (tertiary/aromatic N) is 2. The minimum Gasteiger partial charge on any atom is -0.495 e. The maximum atomic E-state index is 6.12. The van der Waals surface area contributed by atoms with Crippen LogP contribution in [0.15, 0.2) is 36.4 Å². The Balaban J connectivity index is 1.77. The van der Waals surface area contributed by atoms with Crippen LogP contribution in [0.2, 0.25) is 5.02 Å². The fourth-order valence-corrected chi connectivity index (χ4v) is 4.51. The highest BCUT2D eigenvalue weighted by atomic mass is 35.5. The summed E-state index contributed by atoms with van der Waals surface area (Å²) >= 11 is 12.0. The molecular formula is C24H32ClN3O3S. The summed E-state index contributed by atoms with van der Waals surface area (Å²) in [5.74, 6) is 2.14. The van der Waals surface area contributed by atoms with Crippen LogP contribution in [0.5, 0.6) is 17.2 Å². The summed E-state index contributed by atoms with van der Waals surface area (Å²) in [7, 11) is 7.10. The zero-order valence-corrected chi connectivity index (χ0v) is 20.8. The molecule has 1 aliphatic rings. The molecule has 0 saturated carbocycles. The summed E-state index contributed by atoms with van der Waals surface area (Å²) in [6.07, 6.45) is 2.98. The summed E-state index contributed by atoms with van der Waals surface area (Å²) in [4.78, 5) is 4.68. The number of hydrogen-bond acceptors (Lipinski definition) is 5. The van der Waals surface area contributed by atoms with Gasteiger partial charge in [0.1, 0.15) is 5.75 Å². The van der Waals surface area contributed by atoms with Gasteiger partial charge in [-0.2, -0.15) is 0 Å². The maximum Gasteiger partial charge on any atom is 0.173 e. The number of thiocarbonyl (C=S) groups is 1. The molecule has 1 fully saturated rings. The minimum absolute atomic E-state index is 0.379. The fourth-order valence-electron chi connectivity index (χ4n) is 4.00. The van der Waals surface area contributed by atoms with Gasteiger partial charge < -0.3 is 29.3 Å². The molecule has 1 aliphatic heterocycles. The van der Waals surface area contributed by atoms with E-state index >= 15 is 0 Å². The normalized spacial score (nSPS) is 14.7. The lowest BCUT2D eigenvalue weighted by atomic mass is 10.0. The van der Waals surface area contributed by atoms with Crippen molar-refractivity contribution in [1.29, 1.82) is 0 Å². The molecule has 0 spiro atoms. The highest BCUT2D eigenvalue weighted by Gasteiger charge is 2.25. The molecule has 0 aromatic heterocycles. The smallest absolute Gasteiger partial charge is 0.173 e. The average Bonchev–Trinajstić information content (AvgIpc) is 2.81. The molecule has 174 valence electrons. The van der Waals surface area contributed by atoms with E-state index in [4.69, 9.17) is 38.0 Å². The van der Waals surface area contributed by atoms with Crippen molar-refractivity contribution in [2.24, 2.45) is 0 Å². The van der Waals surface area contributed by atoms with Gasteiger partial charge in [0.15, 0.2) is 16.6 Å². The van der Waals surface area contributed by atoms with Gasteiger partial charge in [-0.05, 0) is 81.4 Å². The molecule has 1 saturated heterocycles. The molecule has 6 nitrogen and oxygen atoms in total. The molecule has 0 aliphatic carbocycles. The van der Waals surface area contributed by atoms with Crippen LogP contribution in [0.25, 0.3) is 0 Å². The van der Waals surface area contributed by atoms with E-state index < -0.39 is 0 Å². The summed E-state index contributed by atoms with van der Waals surface area (Å²) < 4.78 is 16.3. The van der Waals surface area contributed by atoms with Crippen LogP contribution in [0, 0.1) is 0 Å². The molecule has 1 N–H and O–H groups in total. The molecule has 0 amide bonds. The summed E-state index contributed by atoms with van der Waals surface area (Å²) in [6.45, 7) is 2.92. The molecule has 8 heteroatoms. The molecule has 0 radical (unpaired) electrons. The third-order valence-corrected chi connectivity index (χ3v) is 6.46. The standard InChI is InChI=1S/C24H32ClN3O3S/c1-27-12-10-19(11-13-27)28(14-9-17-5-8-21(29-2)23(15-17)31-4)24(32)26-20-7-6-18(25)16-22(20)30-3/h5-8,15-16,19H,9-14H2,1-4H3,(H,26,32). The monoisotopic (exact) mass is 477 g/mol. The number of likely N-dealkylation sites (tertiary alicyclic amines) is 1. The average molecular weight is 478 g/mol. The van der Waals surface area contributed by atoms with Gasteiger partial charge >= 0.3 is 0 Å². The molecular weight excluding hydrogens is 446 g/mol. The van der Waals surface area contributed by atoms with Gasteiger partial charge in [-0.3, -0.25) is 0 Å². The van der Waals surface area contributed by atoms with E-state index in [-0.39, 0.29) is 0 Å². The first-order valence-corrected chi connectivity index (χ1v) is 11.5. The molecule has 1 heterocycles. The van der Waals surface area contributed by atoms with Gasteiger partial charge in [0.05, 0.1) is 27.0 Å². The van der Waals surface area contributed by atoms with E-state index in [2.05, 4.69) is 28.2 Å². The predicted molar refractivity (Wildman–Crippen MR) is 135 cm³/mol. The van der Waals surface area contributed by atoms with Crippen LogP contribution in [-0.2, 0) is 6.42 Å². The van der Waals surface area contributed by atoms with Gasteiger partial charge in [0, 0.05) is 23.7 Å². The van der Waals surface area contributed by atoms with Crippen molar-refractivity contribution in [3.05, 3.63) is 47.0 Å². The van der Waals surface area contributed by atoms with Gasteiger partial charge in [-0.15, -0.1) is 0 Å². The third-order valence-electron chi connectivity index (χ3n) is 5.88. The van der Waals surface area contributed by atoms with Crippen LogP contribution in [0.4, 0.5) is 5.69 Å². The van der Waals surface area contributed by atoms with E-state index in [1.165, 1.54) is 5.56 Å². The minimum atomic E-state index is 0.379. The molecule has 0 atom stereocenters. The SMILES string of the molecule is COc1cc(Cl)ccc1NC(=S)N(CCc1ccc(OC)c(OC)c1)C1CCN(C)CC1. The lowest BCUT2D eigenvalue weighted by Crippen LogP contribution is -2.48. The number of ether oxygens (including phenoxy) is 3. The van der Waals surface area contributed by atoms with Crippen LogP contribution < -0.4 is 19.5 Å². The summed E-state index contributed by atoms with van der Waals surface area (Å²) in [5, 5.41) is 4.71. The highest BCUT2D eigenvalue weighted by Crippen LogP contribution is 2.30. The van der Waals surface area contributed by atoms with Crippen molar-refractivity contribution >= 4 is 34.6 Å². The molecule has 32 heavy (non-hydrogen) atoms. The van der Waals surface area contributed by atoms with E-state index in [9.17, 15) is 0 Å². The number of halogens is 1. The topological polar surface area (TPSA) is 46.2 Å². The van der Waals surface area contributed by atoms with E-state index in [1.54, 1.807) is 27.4 Å². The Kier molecular flexibility index (Phi) is 8.84. The number of piperidine rings is 1. The molecule has 0 bridgehead atoms. The second-order valence-corrected chi connectivity index (χ2v) is 8.77. The Morgan fingerprint density at radius 1 is 1.03 bits per heavy atom. The molecule has 2 aromatic carbocycles. The molecule has 3 rings (SSSR count). The van der Waals surface area contributed by atoms with Crippen LogP contribution in [0.1, 0.15) is 18.4 Å². The fraction of sp³-hybridized carbons (Fsp3) is 0.458. The van der Waals surface area contributed by atoms with Crippen molar-refractivity contribution in [2.45, 2.75) is 25.3 Å².